The lowest BCUT2D eigenvalue weighted by atomic mass is 9.82. The topological polar surface area (TPSA) is 52.6 Å². The Morgan fingerprint density at radius 1 is 1.28 bits per heavy atom. The number of hydrogen-bond donors (Lipinski definition) is 2. The van der Waals surface area contributed by atoms with E-state index in [1.807, 2.05) is 7.05 Å². The van der Waals surface area contributed by atoms with Gasteiger partial charge in [-0.1, -0.05) is 19.3 Å². The van der Waals surface area contributed by atoms with E-state index in [-0.39, 0.29) is 12.0 Å². The minimum absolute atomic E-state index is 0.0977. The molecule has 2 saturated carbocycles. The Kier molecular flexibility index (Phi) is 5.01. The summed E-state index contributed by atoms with van der Waals surface area (Å²) in [6, 6.07) is 0.408. The van der Waals surface area contributed by atoms with Crippen LogP contribution in [0.15, 0.2) is 0 Å². The van der Waals surface area contributed by atoms with Crippen molar-refractivity contribution in [3.63, 3.8) is 0 Å². The maximum Gasteiger partial charge on any atom is 0.234 e. The Hall–Kier alpha value is -0.610. The zero-order valence-electron chi connectivity index (χ0n) is 11.4. The Labute approximate surface area is 110 Å². The fourth-order valence-electron chi connectivity index (χ4n) is 3.12. The van der Waals surface area contributed by atoms with Gasteiger partial charge in [0.2, 0.25) is 5.91 Å². The van der Waals surface area contributed by atoms with Gasteiger partial charge in [-0.05, 0) is 38.6 Å². The van der Waals surface area contributed by atoms with Crippen molar-refractivity contribution in [1.82, 2.24) is 10.2 Å². The van der Waals surface area contributed by atoms with Crippen molar-refractivity contribution in [3.05, 3.63) is 0 Å². The van der Waals surface area contributed by atoms with Crippen LogP contribution < -0.4 is 5.32 Å². The highest BCUT2D eigenvalue weighted by Crippen LogP contribution is 2.27. The van der Waals surface area contributed by atoms with Gasteiger partial charge in [0.05, 0.1) is 12.6 Å². The molecule has 18 heavy (non-hydrogen) atoms. The minimum Gasteiger partial charge on any atom is -0.393 e. The molecule has 2 aliphatic carbocycles. The average molecular weight is 254 g/mol. The summed E-state index contributed by atoms with van der Waals surface area (Å²) >= 11 is 0. The van der Waals surface area contributed by atoms with Crippen molar-refractivity contribution < 1.29 is 9.90 Å². The molecule has 104 valence electrons. The van der Waals surface area contributed by atoms with E-state index in [0.29, 0.717) is 18.5 Å². The van der Waals surface area contributed by atoms with Crippen molar-refractivity contribution in [2.75, 3.05) is 20.1 Å². The first-order valence-electron chi connectivity index (χ1n) is 7.29. The second-order valence-electron chi connectivity index (χ2n) is 6.09. The number of hydrogen-bond acceptors (Lipinski definition) is 3. The van der Waals surface area contributed by atoms with Gasteiger partial charge in [-0.15, -0.1) is 0 Å². The molecule has 4 heteroatoms. The van der Waals surface area contributed by atoms with Crippen molar-refractivity contribution in [2.45, 2.75) is 57.1 Å². The molecule has 0 aromatic heterocycles. The Bertz CT molecular complexity index is 271. The monoisotopic (exact) mass is 254 g/mol. The van der Waals surface area contributed by atoms with E-state index < -0.39 is 0 Å². The van der Waals surface area contributed by atoms with Crippen molar-refractivity contribution >= 4 is 5.91 Å². The second-order valence-corrected chi connectivity index (χ2v) is 6.09. The molecule has 0 aliphatic heterocycles. The SMILES string of the molecule is CN(CC(=O)NC1CCCCC1)CC1CC(O)C1. The highest BCUT2D eigenvalue weighted by atomic mass is 16.3. The first kappa shape index (κ1) is 13.8. The van der Waals surface area contributed by atoms with Crippen molar-refractivity contribution in [2.24, 2.45) is 5.92 Å². The van der Waals surface area contributed by atoms with Gasteiger partial charge in [0, 0.05) is 12.6 Å². The fourth-order valence-corrected chi connectivity index (χ4v) is 3.12. The molecule has 2 aliphatic rings. The minimum atomic E-state index is -0.0977. The number of aliphatic hydroxyl groups is 1. The normalized spacial score (nSPS) is 29.1. The summed E-state index contributed by atoms with van der Waals surface area (Å²) in [4.78, 5) is 13.9. The van der Waals surface area contributed by atoms with Crippen LogP contribution >= 0.6 is 0 Å². The van der Waals surface area contributed by atoms with Crippen LogP contribution in [-0.2, 0) is 4.79 Å². The average Bonchev–Trinajstić information content (AvgIpc) is 2.28. The number of amides is 1. The molecule has 2 rings (SSSR count). The maximum absolute atomic E-state index is 11.9. The molecule has 2 fully saturated rings. The van der Waals surface area contributed by atoms with E-state index >= 15 is 0 Å². The molecule has 0 unspecified atom stereocenters. The first-order chi connectivity index (χ1) is 8.63. The predicted octanol–water partition coefficient (Wildman–Crippen LogP) is 1.14. The van der Waals surface area contributed by atoms with E-state index in [1.54, 1.807) is 0 Å². The van der Waals surface area contributed by atoms with Crippen LogP contribution in [-0.4, -0.2) is 48.2 Å². The van der Waals surface area contributed by atoms with Gasteiger partial charge in [0.1, 0.15) is 0 Å². The third-order valence-corrected chi connectivity index (χ3v) is 4.16. The molecule has 0 bridgehead atoms. The van der Waals surface area contributed by atoms with E-state index in [4.69, 9.17) is 0 Å². The molecule has 0 heterocycles. The predicted molar refractivity (Wildman–Crippen MR) is 71.2 cm³/mol. The van der Waals surface area contributed by atoms with Gasteiger partial charge in [0.25, 0.3) is 0 Å². The highest BCUT2D eigenvalue weighted by molar-refractivity contribution is 5.78. The number of carbonyl (C=O) groups is 1. The van der Waals surface area contributed by atoms with Gasteiger partial charge in [-0.2, -0.15) is 0 Å². The van der Waals surface area contributed by atoms with Gasteiger partial charge in [0.15, 0.2) is 0 Å². The third kappa shape index (κ3) is 4.25. The lowest BCUT2D eigenvalue weighted by molar-refractivity contribution is -0.123. The standard InChI is InChI=1S/C14H26N2O2/c1-16(9-11-7-13(17)8-11)10-14(18)15-12-5-3-2-4-6-12/h11-13,17H,2-10H2,1H3,(H,15,18). The largest absolute Gasteiger partial charge is 0.393 e. The summed E-state index contributed by atoms with van der Waals surface area (Å²) < 4.78 is 0. The maximum atomic E-state index is 11.9. The van der Waals surface area contributed by atoms with Gasteiger partial charge < -0.3 is 10.4 Å². The third-order valence-electron chi connectivity index (χ3n) is 4.16. The number of likely N-dealkylation sites (N-methyl/N-ethyl adjacent to an activating group) is 1. The molecule has 0 atom stereocenters. The molecule has 0 aromatic rings. The summed E-state index contributed by atoms with van der Waals surface area (Å²) in [5, 5.41) is 12.4. The van der Waals surface area contributed by atoms with Crippen LogP contribution in [0.5, 0.6) is 0 Å². The van der Waals surface area contributed by atoms with Gasteiger partial charge in [-0.3, -0.25) is 9.69 Å². The van der Waals surface area contributed by atoms with Crippen LogP contribution in [0, 0.1) is 5.92 Å². The van der Waals surface area contributed by atoms with Crippen LogP contribution in [0.3, 0.4) is 0 Å². The van der Waals surface area contributed by atoms with Crippen molar-refractivity contribution in [1.29, 1.82) is 0 Å². The molecule has 4 nitrogen and oxygen atoms in total. The number of carbonyl (C=O) groups excluding carboxylic acids is 1. The van der Waals surface area contributed by atoms with Crippen LogP contribution in [0.25, 0.3) is 0 Å². The number of rotatable bonds is 5. The van der Waals surface area contributed by atoms with Crippen LogP contribution in [0.2, 0.25) is 0 Å². The Morgan fingerprint density at radius 3 is 2.56 bits per heavy atom. The number of aliphatic hydroxyl groups excluding tert-OH is 1. The lowest BCUT2D eigenvalue weighted by Crippen LogP contribution is -2.44. The van der Waals surface area contributed by atoms with E-state index in [9.17, 15) is 9.90 Å². The Balaban J connectivity index is 1.60. The molecular weight excluding hydrogens is 228 g/mol. The quantitative estimate of drug-likeness (QED) is 0.773. The zero-order chi connectivity index (χ0) is 13.0. The molecular formula is C14H26N2O2. The van der Waals surface area contributed by atoms with E-state index in [0.717, 1.165) is 32.2 Å². The summed E-state index contributed by atoms with van der Waals surface area (Å²) in [5.74, 6) is 0.733. The summed E-state index contributed by atoms with van der Waals surface area (Å²) in [6.07, 6.45) is 7.80. The van der Waals surface area contributed by atoms with E-state index in [2.05, 4.69) is 10.2 Å². The van der Waals surface area contributed by atoms with Crippen LogP contribution in [0.1, 0.15) is 44.9 Å². The smallest absolute Gasteiger partial charge is 0.234 e. The molecule has 1 amide bonds. The molecule has 0 spiro atoms. The van der Waals surface area contributed by atoms with Crippen LogP contribution in [0.4, 0.5) is 0 Å². The fraction of sp³-hybridized carbons (Fsp3) is 0.929. The summed E-state index contributed by atoms with van der Waals surface area (Å²) in [7, 11) is 1.99. The zero-order valence-corrected chi connectivity index (χ0v) is 11.4. The lowest BCUT2D eigenvalue weighted by Gasteiger charge is -2.34. The molecule has 0 aromatic carbocycles. The number of nitrogens with one attached hydrogen (secondary N) is 1. The van der Waals surface area contributed by atoms with Gasteiger partial charge in [-0.25, -0.2) is 0 Å². The number of nitrogens with zero attached hydrogens (tertiary/aromatic N) is 1. The summed E-state index contributed by atoms with van der Waals surface area (Å²) in [5.41, 5.74) is 0. The first-order valence-corrected chi connectivity index (χ1v) is 7.29. The summed E-state index contributed by atoms with van der Waals surface area (Å²) in [6.45, 7) is 1.41. The Morgan fingerprint density at radius 2 is 1.94 bits per heavy atom. The molecule has 2 N–H and O–H groups in total. The second kappa shape index (κ2) is 6.53. The molecule has 0 radical (unpaired) electrons. The van der Waals surface area contributed by atoms with Crippen molar-refractivity contribution in [3.8, 4) is 0 Å². The van der Waals surface area contributed by atoms with E-state index in [1.165, 1.54) is 19.3 Å². The molecule has 0 saturated heterocycles. The van der Waals surface area contributed by atoms with Gasteiger partial charge >= 0.3 is 0 Å². The highest BCUT2D eigenvalue weighted by Gasteiger charge is 2.28.